The molecule has 4 nitrogen and oxygen atoms in total. The molecule has 1 atom stereocenters. The second kappa shape index (κ2) is 5.30. The summed E-state index contributed by atoms with van der Waals surface area (Å²) in [4.78, 5) is 7.06. The van der Waals surface area contributed by atoms with Crippen molar-refractivity contribution >= 4 is 11.3 Å². The van der Waals surface area contributed by atoms with Gasteiger partial charge in [0, 0.05) is 16.5 Å². The first-order chi connectivity index (χ1) is 7.90. The molecule has 0 spiro atoms. The number of nitrogens with zero attached hydrogens (tertiary/aromatic N) is 4. The third-order valence-electron chi connectivity index (χ3n) is 2.20. The molecule has 0 saturated heterocycles. The van der Waals surface area contributed by atoms with Crippen LogP contribution in [0.5, 0.6) is 0 Å². The third kappa shape index (κ3) is 2.59. The molecule has 2 rings (SSSR count). The second-order valence-corrected chi connectivity index (χ2v) is 4.21. The number of benzene rings is 1. The summed E-state index contributed by atoms with van der Waals surface area (Å²) in [5, 5.41) is 6.54. The van der Waals surface area contributed by atoms with E-state index in [-0.39, 0.29) is 6.04 Å². The fraction of sp³-hybridized carbons (Fsp3) is 0.182. The van der Waals surface area contributed by atoms with Gasteiger partial charge in [0.1, 0.15) is 5.01 Å². The topological polar surface area (TPSA) is 61.7 Å². The Morgan fingerprint density at radius 1 is 1.38 bits per heavy atom. The molecule has 5 heteroatoms. The van der Waals surface area contributed by atoms with Crippen LogP contribution in [0.15, 0.2) is 47.0 Å². The highest BCUT2D eigenvalue weighted by atomic mass is 32.1. The van der Waals surface area contributed by atoms with Gasteiger partial charge in [-0.25, -0.2) is 4.98 Å². The molecule has 0 fully saturated rings. The van der Waals surface area contributed by atoms with Crippen LogP contribution in [0.3, 0.4) is 0 Å². The molecule has 1 aromatic carbocycles. The van der Waals surface area contributed by atoms with Crippen LogP contribution in [0, 0.1) is 0 Å². The molecule has 0 saturated carbocycles. The van der Waals surface area contributed by atoms with Crippen LogP contribution in [0.2, 0.25) is 0 Å². The summed E-state index contributed by atoms with van der Waals surface area (Å²) in [6.07, 6.45) is 2.42. The van der Waals surface area contributed by atoms with E-state index in [4.69, 9.17) is 5.53 Å². The van der Waals surface area contributed by atoms with Crippen molar-refractivity contribution in [3.8, 4) is 0 Å². The summed E-state index contributed by atoms with van der Waals surface area (Å²) in [6.45, 7) is 0. The van der Waals surface area contributed by atoms with Gasteiger partial charge < -0.3 is 0 Å². The molecule has 0 aliphatic carbocycles. The highest BCUT2D eigenvalue weighted by molar-refractivity contribution is 7.09. The molecule has 16 heavy (non-hydrogen) atoms. The van der Waals surface area contributed by atoms with Crippen molar-refractivity contribution in [2.75, 3.05) is 0 Å². The quantitative estimate of drug-likeness (QED) is 0.448. The summed E-state index contributed by atoms with van der Waals surface area (Å²) in [5.74, 6) is 0. The van der Waals surface area contributed by atoms with E-state index in [9.17, 15) is 0 Å². The lowest BCUT2D eigenvalue weighted by molar-refractivity contribution is 0.709. The van der Waals surface area contributed by atoms with Gasteiger partial charge in [0.25, 0.3) is 0 Å². The largest absolute Gasteiger partial charge is 0.249 e. The van der Waals surface area contributed by atoms with Gasteiger partial charge in [-0.1, -0.05) is 35.4 Å². The number of azide groups is 1. The van der Waals surface area contributed by atoms with Crippen LogP contribution in [0.4, 0.5) is 0 Å². The van der Waals surface area contributed by atoms with Crippen molar-refractivity contribution in [3.63, 3.8) is 0 Å². The molecule has 0 radical (unpaired) electrons. The highest BCUT2D eigenvalue weighted by Crippen LogP contribution is 2.24. The summed E-state index contributed by atoms with van der Waals surface area (Å²) in [7, 11) is 0. The minimum Gasteiger partial charge on any atom is -0.249 e. The Morgan fingerprint density at radius 3 is 2.81 bits per heavy atom. The Balaban J connectivity index is 2.19. The fourth-order valence-electron chi connectivity index (χ4n) is 1.48. The minimum atomic E-state index is -0.201. The van der Waals surface area contributed by atoms with Gasteiger partial charge in [-0.2, -0.15) is 0 Å². The van der Waals surface area contributed by atoms with Gasteiger partial charge >= 0.3 is 0 Å². The van der Waals surface area contributed by atoms with Crippen molar-refractivity contribution in [2.24, 2.45) is 5.11 Å². The van der Waals surface area contributed by atoms with Gasteiger partial charge in [0.15, 0.2) is 0 Å². The van der Waals surface area contributed by atoms with E-state index in [2.05, 4.69) is 15.0 Å². The van der Waals surface area contributed by atoms with E-state index in [0.29, 0.717) is 6.42 Å². The van der Waals surface area contributed by atoms with Crippen molar-refractivity contribution in [2.45, 2.75) is 12.5 Å². The predicted molar refractivity (Wildman–Crippen MR) is 64.1 cm³/mol. The first kappa shape index (κ1) is 10.7. The maximum atomic E-state index is 8.55. The van der Waals surface area contributed by atoms with Crippen LogP contribution in [0.25, 0.3) is 10.4 Å². The van der Waals surface area contributed by atoms with E-state index < -0.39 is 0 Å². The lowest BCUT2D eigenvalue weighted by atomic mass is 10.1. The van der Waals surface area contributed by atoms with E-state index in [1.54, 1.807) is 6.20 Å². The van der Waals surface area contributed by atoms with Gasteiger partial charge in [-0.15, -0.1) is 11.3 Å². The Kier molecular flexibility index (Phi) is 3.53. The first-order valence-electron chi connectivity index (χ1n) is 4.87. The van der Waals surface area contributed by atoms with Crippen molar-refractivity contribution in [1.82, 2.24) is 4.98 Å². The molecular formula is C11H10N4S. The van der Waals surface area contributed by atoms with Gasteiger partial charge in [0.05, 0.1) is 6.04 Å². The van der Waals surface area contributed by atoms with E-state index in [1.807, 2.05) is 35.7 Å². The Bertz CT molecular complexity index is 474. The lowest BCUT2D eigenvalue weighted by Gasteiger charge is -2.07. The molecule has 0 N–H and O–H groups in total. The SMILES string of the molecule is [N-]=[N+]=NC(Cc1ccccc1)c1nccs1. The third-order valence-corrected chi connectivity index (χ3v) is 3.08. The zero-order chi connectivity index (χ0) is 11.2. The zero-order valence-electron chi connectivity index (χ0n) is 8.52. The van der Waals surface area contributed by atoms with Crippen LogP contribution < -0.4 is 0 Å². The summed E-state index contributed by atoms with van der Waals surface area (Å²) in [5.41, 5.74) is 9.70. The summed E-state index contributed by atoms with van der Waals surface area (Å²) < 4.78 is 0. The van der Waals surface area contributed by atoms with Crippen LogP contribution in [-0.4, -0.2) is 4.98 Å². The smallest absolute Gasteiger partial charge is 0.102 e. The lowest BCUT2D eigenvalue weighted by Crippen LogP contribution is -1.98. The zero-order valence-corrected chi connectivity index (χ0v) is 9.34. The molecule has 1 unspecified atom stereocenters. The molecular weight excluding hydrogens is 220 g/mol. The normalized spacial score (nSPS) is 11.8. The van der Waals surface area contributed by atoms with Crippen molar-refractivity contribution in [1.29, 1.82) is 0 Å². The van der Waals surface area contributed by atoms with E-state index in [0.717, 1.165) is 10.6 Å². The van der Waals surface area contributed by atoms with Gasteiger partial charge in [0.2, 0.25) is 0 Å². The summed E-state index contributed by atoms with van der Waals surface area (Å²) >= 11 is 1.51. The Labute approximate surface area is 97.2 Å². The van der Waals surface area contributed by atoms with Crippen LogP contribution in [-0.2, 0) is 6.42 Å². The molecule has 0 bridgehead atoms. The van der Waals surface area contributed by atoms with Crippen LogP contribution >= 0.6 is 11.3 Å². The number of thiazole rings is 1. The second-order valence-electron chi connectivity index (χ2n) is 3.28. The molecule has 0 amide bonds. The number of hydrogen-bond donors (Lipinski definition) is 0. The number of hydrogen-bond acceptors (Lipinski definition) is 3. The Hall–Kier alpha value is -1.84. The minimum absolute atomic E-state index is 0.201. The molecule has 2 aromatic rings. The molecule has 1 aromatic heterocycles. The predicted octanol–water partition coefficient (Wildman–Crippen LogP) is 3.74. The maximum Gasteiger partial charge on any atom is 0.102 e. The molecule has 80 valence electrons. The Morgan fingerprint density at radius 2 is 2.19 bits per heavy atom. The van der Waals surface area contributed by atoms with E-state index in [1.165, 1.54) is 11.3 Å². The first-order valence-corrected chi connectivity index (χ1v) is 5.75. The average molecular weight is 230 g/mol. The van der Waals surface area contributed by atoms with Crippen LogP contribution in [0.1, 0.15) is 16.6 Å². The molecule has 0 aliphatic heterocycles. The van der Waals surface area contributed by atoms with Crippen molar-refractivity contribution < 1.29 is 0 Å². The maximum absolute atomic E-state index is 8.55. The van der Waals surface area contributed by atoms with Gasteiger partial charge in [-0.05, 0) is 17.5 Å². The average Bonchev–Trinajstić information content (AvgIpc) is 2.83. The standard InChI is InChI=1S/C11H10N4S/c12-15-14-10(11-13-6-7-16-11)8-9-4-2-1-3-5-9/h1-7,10H,8H2. The highest BCUT2D eigenvalue weighted by Gasteiger charge is 2.12. The number of rotatable bonds is 4. The van der Waals surface area contributed by atoms with Gasteiger partial charge in [-0.3, -0.25) is 0 Å². The van der Waals surface area contributed by atoms with E-state index >= 15 is 0 Å². The molecule has 1 heterocycles. The monoisotopic (exact) mass is 230 g/mol. The fourth-order valence-corrected chi connectivity index (χ4v) is 2.15. The molecule has 0 aliphatic rings. The number of aromatic nitrogens is 1. The van der Waals surface area contributed by atoms with Crippen molar-refractivity contribution in [3.05, 3.63) is 62.9 Å². The summed E-state index contributed by atoms with van der Waals surface area (Å²) in [6, 6.07) is 9.76.